The summed E-state index contributed by atoms with van der Waals surface area (Å²) in [5.74, 6) is 0.0343. The van der Waals surface area contributed by atoms with E-state index in [0.29, 0.717) is 12.2 Å². The number of carboxylic acid groups (broad SMARTS) is 1. The molecule has 1 aliphatic rings. The van der Waals surface area contributed by atoms with Crippen LogP contribution in [0.2, 0.25) is 0 Å². The van der Waals surface area contributed by atoms with Gasteiger partial charge in [0, 0.05) is 18.1 Å². The van der Waals surface area contributed by atoms with Gasteiger partial charge in [-0.3, -0.25) is 10.1 Å². The van der Waals surface area contributed by atoms with Gasteiger partial charge in [0.2, 0.25) is 0 Å². The standard InChI is InChI=1S/C11H11NO7/c13-11(14)19-8-1-2-10(12(15)16)7(3-8)4-9-5-17-6-18-9/h1-3,9H,4-6H2,(H,13,14). The molecule has 8 heteroatoms. The maximum atomic E-state index is 10.9. The number of nitro groups is 1. The fourth-order valence-corrected chi connectivity index (χ4v) is 1.80. The van der Waals surface area contributed by atoms with Crippen molar-refractivity contribution in [3.63, 3.8) is 0 Å². The maximum absolute atomic E-state index is 10.9. The summed E-state index contributed by atoms with van der Waals surface area (Å²) in [4.78, 5) is 20.8. The fourth-order valence-electron chi connectivity index (χ4n) is 1.80. The highest BCUT2D eigenvalue weighted by atomic mass is 16.7. The average Bonchev–Trinajstić information content (AvgIpc) is 2.80. The van der Waals surface area contributed by atoms with E-state index in [1.807, 2.05) is 0 Å². The van der Waals surface area contributed by atoms with Gasteiger partial charge in [-0.25, -0.2) is 4.79 Å². The van der Waals surface area contributed by atoms with E-state index in [9.17, 15) is 14.9 Å². The molecule has 0 aromatic heterocycles. The van der Waals surface area contributed by atoms with Gasteiger partial charge in [-0.05, 0) is 12.1 Å². The molecule has 1 aromatic rings. The summed E-state index contributed by atoms with van der Waals surface area (Å²) < 4.78 is 14.7. The Bertz CT molecular complexity index is 496. The second kappa shape index (κ2) is 5.63. The third-order valence-corrected chi connectivity index (χ3v) is 2.59. The van der Waals surface area contributed by atoms with E-state index in [2.05, 4.69) is 4.74 Å². The summed E-state index contributed by atoms with van der Waals surface area (Å²) in [5, 5.41) is 19.4. The van der Waals surface area contributed by atoms with Crippen molar-refractivity contribution in [3.8, 4) is 5.75 Å². The molecule has 1 aromatic carbocycles. The summed E-state index contributed by atoms with van der Waals surface area (Å²) in [5.41, 5.74) is 0.243. The van der Waals surface area contributed by atoms with Crippen molar-refractivity contribution in [2.45, 2.75) is 12.5 Å². The van der Waals surface area contributed by atoms with Crippen molar-refractivity contribution in [3.05, 3.63) is 33.9 Å². The molecule has 0 saturated carbocycles. The number of nitrogens with zero attached hydrogens (tertiary/aromatic N) is 1. The quantitative estimate of drug-likeness (QED) is 0.382. The zero-order chi connectivity index (χ0) is 13.8. The molecule has 1 unspecified atom stereocenters. The van der Waals surface area contributed by atoms with E-state index >= 15 is 0 Å². The Hall–Kier alpha value is -2.19. The zero-order valence-electron chi connectivity index (χ0n) is 9.77. The van der Waals surface area contributed by atoms with Gasteiger partial charge in [-0.1, -0.05) is 0 Å². The van der Waals surface area contributed by atoms with E-state index in [-0.39, 0.29) is 30.8 Å². The minimum Gasteiger partial charge on any atom is -0.449 e. The van der Waals surface area contributed by atoms with E-state index in [1.165, 1.54) is 18.2 Å². The predicted molar refractivity (Wildman–Crippen MR) is 61.1 cm³/mol. The van der Waals surface area contributed by atoms with Gasteiger partial charge in [0.25, 0.3) is 5.69 Å². The molecule has 1 saturated heterocycles. The fraction of sp³-hybridized carbons (Fsp3) is 0.364. The second-order valence-corrected chi connectivity index (χ2v) is 3.90. The highest BCUT2D eigenvalue weighted by Gasteiger charge is 2.23. The van der Waals surface area contributed by atoms with Gasteiger partial charge in [-0.15, -0.1) is 0 Å². The highest BCUT2D eigenvalue weighted by molar-refractivity contribution is 5.62. The molecule has 19 heavy (non-hydrogen) atoms. The molecule has 1 fully saturated rings. The van der Waals surface area contributed by atoms with E-state index in [1.54, 1.807) is 0 Å². The monoisotopic (exact) mass is 269 g/mol. The van der Waals surface area contributed by atoms with Gasteiger partial charge in [0.05, 0.1) is 17.6 Å². The van der Waals surface area contributed by atoms with E-state index in [4.69, 9.17) is 14.6 Å². The van der Waals surface area contributed by atoms with Crippen molar-refractivity contribution < 1.29 is 29.0 Å². The lowest BCUT2D eigenvalue weighted by molar-refractivity contribution is -0.385. The van der Waals surface area contributed by atoms with Crippen LogP contribution in [0.4, 0.5) is 10.5 Å². The SMILES string of the molecule is O=C(O)Oc1ccc([N+](=O)[O-])c(CC2COCO2)c1. The largest absolute Gasteiger partial charge is 0.511 e. The number of nitro benzene ring substituents is 1. The molecule has 102 valence electrons. The maximum Gasteiger partial charge on any atom is 0.511 e. The molecule has 0 bridgehead atoms. The smallest absolute Gasteiger partial charge is 0.449 e. The molecule has 8 nitrogen and oxygen atoms in total. The summed E-state index contributed by atoms with van der Waals surface area (Å²) in [6, 6.07) is 3.78. The van der Waals surface area contributed by atoms with E-state index in [0.717, 1.165) is 0 Å². The lowest BCUT2D eigenvalue weighted by Gasteiger charge is -2.09. The van der Waals surface area contributed by atoms with Crippen LogP contribution in [0.25, 0.3) is 0 Å². The third-order valence-electron chi connectivity index (χ3n) is 2.59. The molecule has 0 amide bonds. The third kappa shape index (κ3) is 3.39. The summed E-state index contributed by atoms with van der Waals surface area (Å²) in [7, 11) is 0. The molecule has 0 radical (unpaired) electrons. The molecule has 1 atom stereocenters. The van der Waals surface area contributed by atoms with Crippen LogP contribution in [-0.2, 0) is 15.9 Å². The first-order chi connectivity index (χ1) is 9.06. The van der Waals surface area contributed by atoms with E-state index < -0.39 is 11.1 Å². The van der Waals surface area contributed by atoms with Crippen molar-refractivity contribution in [2.75, 3.05) is 13.4 Å². The van der Waals surface area contributed by atoms with Crippen LogP contribution in [0.1, 0.15) is 5.56 Å². The minimum atomic E-state index is -1.47. The number of carbonyl (C=O) groups is 1. The van der Waals surface area contributed by atoms with Gasteiger partial charge in [0.15, 0.2) is 0 Å². The van der Waals surface area contributed by atoms with Crippen LogP contribution in [0, 0.1) is 10.1 Å². The van der Waals surface area contributed by atoms with Crippen molar-refractivity contribution in [1.82, 2.24) is 0 Å². The van der Waals surface area contributed by atoms with Gasteiger partial charge >= 0.3 is 6.16 Å². The Kier molecular flexibility index (Phi) is 3.93. The van der Waals surface area contributed by atoms with Gasteiger partial charge in [-0.2, -0.15) is 0 Å². The van der Waals surface area contributed by atoms with Crippen LogP contribution in [0.3, 0.4) is 0 Å². The minimum absolute atomic E-state index is 0.0343. The van der Waals surface area contributed by atoms with Crippen LogP contribution in [-0.4, -0.2) is 35.7 Å². The lowest BCUT2D eigenvalue weighted by Crippen LogP contribution is -2.14. The predicted octanol–water partition coefficient (Wildman–Crippen LogP) is 1.57. The topological polar surface area (TPSA) is 108 Å². The van der Waals surface area contributed by atoms with Crippen LogP contribution >= 0.6 is 0 Å². The van der Waals surface area contributed by atoms with Crippen LogP contribution in [0.15, 0.2) is 18.2 Å². The molecular weight excluding hydrogens is 258 g/mol. The first-order valence-corrected chi connectivity index (χ1v) is 5.43. The second-order valence-electron chi connectivity index (χ2n) is 3.90. The highest BCUT2D eigenvalue weighted by Crippen LogP contribution is 2.26. The number of rotatable bonds is 4. The summed E-state index contributed by atoms with van der Waals surface area (Å²) in [6.45, 7) is 0.505. The Labute approximate surface area is 107 Å². The zero-order valence-corrected chi connectivity index (χ0v) is 9.77. The molecular formula is C11H11NO7. The number of hydrogen-bond donors (Lipinski definition) is 1. The Morgan fingerprint density at radius 3 is 2.95 bits per heavy atom. The lowest BCUT2D eigenvalue weighted by atomic mass is 10.1. The summed E-state index contributed by atoms with van der Waals surface area (Å²) in [6.07, 6.45) is -1.49. The first-order valence-electron chi connectivity index (χ1n) is 5.43. The van der Waals surface area contributed by atoms with Crippen molar-refractivity contribution >= 4 is 11.8 Å². The Morgan fingerprint density at radius 2 is 2.37 bits per heavy atom. The summed E-state index contributed by atoms with van der Waals surface area (Å²) >= 11 is 0. The van der Waals surface area contributed by atoms with Gasteiger partial charge < -0.3 is 19.3 Å². The number of ether oxygens (including phenoxy) is 3. The Morgan fingerprint density at radius 1 is 1.58 bits per heavy atom. The molecule has 0 spiro atoms. The van der Waals surface area contributed by atoms with Crippen molar-refractivity contribution in [1.29, 1.82) is 0 Å². The molecule has 2 rings (SSSR count). The normalized spacial score (nSPS) is 18.2. The average molecular weight is 269 g/mol. The Balaban J connectivity index is 2.24. The number of hydrogen-bond acceptors (Lipinski definition) is 6. The molecule has 1 heterocycles. The van der Waals surface area contributed by atoms with Crippen LogP contribution < -0.4 is 4.74 Å². The van der Waals surface area contributed by atoms with Crippen LogP contribution in [0.5, 0.6) is 5.75 Å². The molecule has 1 N–H and O–H groups in total. The molecule has 0 aliphatic carbocycles. The van der Waals surface area contributed by atoms with Gasteiger partial charge in [0.1, 0.15) is 12.5 Å². The number of benzene rings is 1. The van der Waals surface area contributed by atoms with Crippen molar-refractivity contribution in [2.24, 2.45) is 0 Å². The first kappa shape index (κ1) is 13.2. The molecule has 1 aliphatic heterocycles.